The van der Waals surface area contributed by atoms with Gasteiger partial charge in [-0.1, -0.05) is 5.57 Å². The molecule has 45 heavy (non-hydrogen) atoms. The van der Waals surface area contributed by atoms with Crippen LogP contribution in [-0.4, -0.2) is 83.7 Å². The number of carbonyl (C=O) groups is 3. The van der Waals surface area contributed by atoms with Crippen LogP contribution in [0, 0.1) is 0 Å². The monoisotopic (exact) mass is 631 g/mol. The number of rotatable bonds is 12. The predicted octanol–water partition coefficient (Wildman–Crippen LogP) is 2.92. The van der Waals surface area contributed by atoms with Crippen LogP contribution in [0.1, 0.15) is 37.8 Å². The zero-order valence-corrected chi connectivity index (χ0v) is 25.3. The molecule has 242 valence electrons. The molecule has 1 saturated heterocycles. The molecule has 16 heteroatoms. The summed E-state index contributed by atoms with van der Waals surface area (Å²) in [5, 5.41) is 14.9. The number of anilines is 2. The van der Waals surface area contributed by atoms with E-state index in [4.69, 9.17) is 4.74 Å². The van der Waals surface area contributed by atoms with Crippen molar-refractivity contribution in [3.05, 3.63) is 47.3 Å². The fraction of sp³-hybridized carbons (Fsp3) is 0.448. The van der Waals surface area contributed by atoms with Crippen LogP contribution in [0.5, 0.6) is 0 Å². The summed E-state index contributed by atoms with van der Waals surface area (Å²) < 4.78 is 49.5. The largest absolute Gasteiger partial charge is 0.417 e. The standard InChI is InChI=1S/C29H36F3N9O4/c1-18(2)12-20(42)4-5-25(43)35-7-6-34-15-19-13-23-27(40-8-10-45-11-9-40)38-26(39-41(23)17-19)21-16-36-24(37-28(44)33-3)14-22(21)29(30,31)32/h12-14,16-17,34H,4-11,15H2,1-3H3,(H,35,43)(H2,33,36,37,44). The number of nitrogens with one attached hydrogen (secondary N) is 4. The van der Waals surface area contributed by atoms with Crippen LogP contribution in [0.2, 0.25) is 0 Å². The van der Waals surface area contributed by atoms with Gasteiger partial charge in [0.25, 0.3) is 0 Å². The number of allylic oxidation sites excluding steroid dienone is 2. The van der Waals surface area contributed by atoms with E-state index in [0.29, 0.717) is 57.3 Å². The average molecular weight is 632 g/mol. The molecule has 4 rings (SSSR count). The summed E-state index contributed by atoms with van der Waals surface area (Å²) in [7, 11) is 1.34. The maximum Gasteiger partial charge on any atom is 0.417 e. The molecular weight excluding hydrogens is 595 g/mol. The summed E-state index contributed by atoms with van der Waals surface area (Å²) >= 11 is 0. The molecule has 4 N–H and O–H groups in total. The Morgan fingerprint density at radius 3 is 2.53 bits per heavy atom. The molecule has 13 nitrogen and oxygen atoms in total. The molecule has 0 spiro atoms. The van der Waals surface area contributed by atoms with Crippen molar-refractivity contribution >= 4 is 34.9 Å². The van der Waals surface area contributed by atoms with Crippen molar-refractivity contribution < 1.29 is 32.3 Å². The van der Waals surface area contributed by atoms with Gasteiger partial charge in [0.1, 0.15) is 11.3 Å². The lowest BCUT2D eigenvalue weighted by Gasteiger charge is -2.28. The first kappa shape index (κ1) is 33.3. The van der Waals surface area contributed by atoms with E-state index in [9.17, 15) is 27.6 Å². The molecule has 0 bridgehead atoms. The second-order valence-electron chi connectivity index (χ2n) is 10.6. The number of pyridine rings is 1. The SMILES string of the molecule is CNC(=O)Nc1cc(C(F)(F)F)c(-c2nc(N3CCOCC3)c3cc(CNCCNC(=O)CCC(=O)C=C(C)C)cn3n2)cn1. The topological polar surface area (TPSA) is 155 Å². The van der Waals surface area contributed by atoms with Crippen LogP contribution >= 0.6 is 0 Å². The molecule has 0 atom stereocenters. The van der Waals surface area contributed by atoms with Gasteiger partial charge in [0.15, 0.2) is 17.4 Å². The first-order valence-corrected chi connectivity index (χ1v) is 14.4. The van der Waals surface area contributed by atoms with E-state index in [0.717, 1.165) is 23.4 Å². The number of urea groups is 1. The van der Waals surface area contributed by atoms with Gasteiger partial charge in [-0.3, -0.25) is 14.9 Å². The second-order valence-corrected chi connectivity index (χ2v) is 10.6. The van der Waals surface area contributed by atoms with Gasteiger partial charge >= 0.3 is 12.2 Å². The minimum absolute atomic E-state index is 0.0901. The van der Waals surface area contributed by atoms with Crippen molar-refractivity contribution in [2.45, 2.75) is 39.4 Å². The van der Waals surface area contributed by atoms with E-state index in [1.54, 1.807) is 6.20 Å². The molecule has 3 aromatic heterocycles. The Morgan fingerprint density at radius 1 is 1.09 bits per heavy atom. The molecule has 1 aliphatic heterocycles. The molecule has 0 unspecified atom stereocenters. The van der Waals surface area contributed by atoms with Crippen molar-refractivity contribution in [2.75, 3.05) is 56.7 Å². The first-order valence-electron chi connectivity index (χ1n) is 14.4. The fourth-order valence-corrected chi connectivity index (χ4v) is 4.61. The Labute approximate surface area is 257 Å². The van der Waals surface area contributed by atoms with Crippen LogP contribution < -0.4 is 26.2 Å². The maximum atomic E-state index is 14.2. The first-order chi connectivity index (χ1) is 21.4. The number of ether oxygens (including phenoxy) is 1. The number of aromatic nitrogens is 4. The predicted molar refractivity (Wildman–Crippen MR) is 161 cm³/mol. The van der Waals surface area contributed by atoms with Crippen molar-refractivity contribution in [3.8, 4) is 11.4 Å². The van der Waals surface area contributed by atoms with Gasteiger partial charge in [-0.15, -0.1) is 5.10 Å². The smallest absolute Gasteiger partial charge is 0.378 e. The van der Waals surface area contributed by atoms with E-state index in [1.807, 2.05) is 24.8 Å². The molecule has 0 aromatic carbocycles. The number of hydrogen-bond acceptors (Lipinski definition) is 9. The van der Waals surface area contributed by atoms with Crippen LogP contribution in [0.25, 0.3) is 16.9 Å². The van der Waals surface area contributed by atoms with Gasteiger partial charge in [0.2, 0.25) is 5.91 Å². The van der Waals surface area contributed by atoms with E-state index in [1.165, 1.54) is 17.6 Å². The van der Waals surface area contributed by atoms with E-state index in [-0.39, 0.29) is 41.7 Å². The summed E-state index contributed by atoms with van der Waals surface area (Å²) in [6.07, 6.45) is -0.310. The summed E-state index contributed by atoms with van der Waals surface area (Å²) in [4.78, 5) is 46.0. The Hall–Kier alpha value is -4.57. The average Bonchev–Trinajstić information content (AvgIpc) is 3.42. The van der Waals surface area contributed by atoms with Crippen LogP contribution in [0.3, 0.4) is 0 Å². The lowest BCUT2D eigenvalue weighted by molar-refractivity contribution is -0.137. The molecule has 3 amide bonds. The highest BCUT2D eigenvalue weighted by molar-refractivity contribution is 5.93. The molecule has 1 aliphatic rings. The molecule has 4 heterocycles. The van der Waals surface area contributed by atoms with Crippen LogP contribution in [0.15, 0.2) is 36.2 Å². The third-order valence-corrected chi connectivity index (χ3v) is 6.73. The number of fused-ring (bicyclic) bond motifs is 1. The lowest BCUT2D eigenvalue weighted by Crippen LogP contribution is -2.37. The van der Waals surface area contributed by atoms with Crippen molar-refractivity contribution in [2.24, 2.45) is 0 Å². The number of ketones is 1. The number of morpholine rings is 1. The third-order valence-electron chi connectivity index (χ3n) is 6.73. The number of alkyl halides is 3. The summed E-state index contributed by atoms with van der Waals surface area (Å²) in [6.45, 7) is 6.69. The van der Waals surface area contributed by atoms with Gasteiger partial charge in [0.05, 0.1) is 24.3 Å². The van der Waals surface area contributed by atoms with Crippen molar-refractivity contribution in [1.29, 1.82) is 0 Å². The van der Waals surface area contributed by atoms with E-state index in [2.05, 4.69) is 36.3 Å². The highest BCUT2D eigenvalue weighted by Crippen LogP contribution is 2.37. The van der Waals surface area contributed by atoms with Gasteiger partial charge in [0, 0.05) is 65.0 Å². The zero-order valence-electron chi connectivity index (χ0n) is 25.3. The number of halogens is 3. The van der Waals surface area contributed by atoms with Gasteiger partial charge in [-0.25, -0.2) is 19.3 Å². The lowest BCUT2D eigenvalue weighted by atomic mass is 10.1. The van der Waals surface area contributed by atoms with Crippen LogP contribution in [0.4, 0.5) is 29.6 Å². The van der Waals surface area contributed by atoms with E-state index < -0.39 is 17.8 Å². The minimum atomic E-state index is -4.78. The Morgan fingerprint density at radius 2 is 1.84 bits per heavy atom. The molecular formula is C29H36F3N9O4. The summed E-state index contributed by atoms with van der Waals surface area (Å²) in [5.74, 6) is -0.318. The number of carbonyl (C=O) groups excluding carboxylic acids is 3. The fourth-order valence-electron chi connectivity index (χ4n) is 4.61. The Balaban J connectivity index is 1.52. The molecule has 1 fully saturated rings. The quantitative estimate of drug-likeness (QED) is 0.175. The number of amides is 3. The second kappa shape index (κ2) is 14.9. The highest BCUT2D eigenvalue weighted by atomic mass is 19.4. The Bertz CT molecular complexity index is 1560. The molecule has 0 radical (unpaired) electrons. The Kier molecular flexibility index (Phi) is 11.1. The third kappa shape index (κ3) is 9.21. The van der Waals surface area contributed by atoms with Crippen LogP contribution in [-0.2, 0) is 27.0 Å². The number of hydrogen-bond donors (Lipinski definition) is 4. The molecule has 3 aromatic rings. The maximum absolute atomic E-state index is 14.2. The van der Waals surface area contributed by atoms with Crippen molar-refractivity contribution in [1.82, 2.24) is 35.5 Å². The normalized spacial score (nSPS) is 13.4. The summed E-state index contributed by atoms with van der Waals surface area (Å²) in [6, 6.07) is 1.89. The van der Waals surface area contributed by atoms with Gasteiger partial charge < -0.3 is 25.6 Å². The minimum Gasteiger partial charge on any atom is -0.378 e. The van der Waals surface area contributed by atoms with E-state index >= 15 is 0 Å². The highest BCUT2D eigenvalue weighted by Gasteiger charge is 2.36. The molecule has 0 aliphatic carbocycles. The zero-order chi connectivity index (χ0) is 32.6. The van der Waals surface area contributed by atoms with Gasteiger partial charge in [-0.2, -0.15) is 13.2 Å². The summed E-state index contributed by atoms with van der Waals surface area (Å²) in [5.41, 5.74) is 0.901. The van der Waals surface area contributed by atoms with Gasteiger partial charge in [-0.05, 0) is 37.6 Å². The number of nitrogens with zero attached hydrogens (tertiary/aromatic N) is 5. The van der Waals surface area contributed by atoms with Crippen molar-refractivity contribution in [3.63, 3.8) is 0 Å². The molecule has 0 saturated carbocycles.